The molecule has 0 unspecified atom stereocenters. The van der Waals surface area contributed by atoms with Gasteiger partial charge in [-0.15, -0.1) is 0 Å². The van der Waals surface area contributed by atoms with Crippen LogP contribution in [0.3, 0.4) is 0 Å². The topological polar surface area (TPSA) is 82.6 Å². The number of pyridine rings is 1. The maximum Gasteiger partial charge on any atom is 0.253 e. The second-order valence-corrected chi connectivity index (χ2v) is 12.7. The van der Waals surface area contributed by atoms with Gasteiger partial charge in [0.2, 0.25) is 10.0 Å². The molecule has 3 heterocycles. The Hall–Kier alpha value is -3.23. The molecule has 1 N–H and O–H groups in total. The van der Waals surface area contributed by atoms with Gasteiger partial charge in [0.25, 0.3) is 5.91 Å². The lowest BCUT2D eigenvalue weighted by Gasteiger charge is -2.40. The van der Waals surface area contributed by atoms with Crippen molar-refractivity contribution in [2.24, 2.45) is 5.41 Å². The normalized spacial score (nSPS) is 20.6. The molecule has 1 aliphatic carbocycles. The molecule has 0 radical (unpaired) electrons. The number of sulfonamides is 1. The molecular weight excluding hydrogens is 496 g/mol. The number of rotatable bonds is 5. The summed E-state index contributed by atoms with van der Waals surface area (Å²) in [6.07, 6.45) is 8.35. The minimum absolute atomic E-state index is 0.0497. The highest BCUT2D eigenvalue weighted by Gasteiger charge is 2.42. The molecule has 2 saturated heterocycles. The first-order valence-corrected chi connectivity index (χ1v) is 15.0. The Bertz CT molecular complexity index is 1450. The van der Waals surface area contributed by atoms with E-state index in [9.17, 15) is 13.2 Å². The SMILES string of the molecule is Cc1ccccc1S(=O)(=O)N[C@@H]1CCc2ccc(C(=O)N3CCC4(CCN(c5ccncc5)CC4)C3)cc21. The number of benzene rings is 2. The van der Waals surface area contributed by atoms with Crippen molar-refractivity contribution in [3.8, 4) is 0 Å². The van der Waals surface area contributed by atoms with E-state index in [0.29, 0.717) is 16.9 Å². The van der Waals surface area contributed by atoms with Gasteiger partial charge in [0.05, 0.1) is 4.90 Å². The largest absolute Gasteiger partial charge is 0.371 e. The molecule has 0 saturated carbocycles. The Labute approximate surface area is 224 Å². The van der Waals surface area contributed by atoms with E-state index in [1.165, 1.54) is 5.69 Å². The van der Waals surface area contributed by atoms with Gasteiger partial charge in [0, 0.05) is 55.9 Å². The molecule has 6 rings (SSSR count). The first-order valence-electron chi connectivity index (χ1n) is 13.5. The fourth-order valence-electron chi connectivity index (χ4n) is 6.46. The van der Waals surface area contributed by atoms with Crippen molar-refractivity contribution in [3.05, 3.63) is 89.2 Å². The lowest BCUT2D eigenvalue weighted by molar-refractivity contribution is 0.0764. The Balaban J connectivity index is 1.14. The third-order valence-corrected chi connectivity index (χ3v) is 10.4. The first-order chi connectivity index (χ1) is 18.3. The number of piperidine rings is 1. The van der Waals surface area contributed by atoms with Gasteiger partial charge in [-0.05, 0) is 91.5 Å². The molecule has 3 aliphatic rings. The van der Waals surface area contributed by atoms with Gasteiger partial charge < -0.3 is 9.80 Å². The standard InChI is InChI=1S/C30H34N4O3S/c1-22-4-2-3-5-28(22)38(36,37)32-27-9-8-23-6-7-24(20-26(23)27)29(35)34-19-14-30(21-34)12-17-33(18-13-30)25-10-15-31-16-11-25/h2-7,10-11,15-16,20,27,32H,8-9,12-14,17-19,21H2,1H3/t27-/m1/s1. The lowest BCUT2D eigenvalue weighted by Crippen LogP contribution is -2.42. The van der Waals surface area contributed by atoms with Crippen LogP contribution in [0.1, 0.15) is 58.8 Å². The van der Waals surface area contributed by atoms with E-state index in [-0.39, 0.29) is 17.4 Å². The summed E-state index contributed by atoms with van der Waals surface area (Å²) in [6.45, 7) is 5.35. The van der Waals surface area contributed by atoms with E-state index < -0.39 is 10.0 Å². The number of aryl methyl sites for hydroxylation is 2. The Kier molecular flexibility index (Phi) is 6.48. The van der Waals surface area contributed by atoms with Crippen LogP contribution in [0.4, 0.5) is 5.69 Å². The van der Waals surface area contributed by atoms with Gasteiger partial charge in [-0.3, -0.25) is 9.78 Å². The van der Waals surface area contributed by atoms with Crippen molar-refractivity contribution in [1.82, 2.24) is 14.6 Å². The van der Waals surface area contributed by atoms with Crippen molar-refractivity contribution < 1.29 is 13.2 Å². The molecule has 1 atom stereocenters. The highest BCUT2D eigenvalue weighted by atomic mass is 32.2. The Morgan fingerprint density at radius 3 is 2.50 bits per heavy atom. The molecule has 0 bridgehead atoms. The number of nitrogens with one attached hydrogen (secondary N) is 1. The number of carbonyl (C=O) groups excluding carboxylic acids is 1. The molecule has 198 valence electrons. The lowest BCUT2D eigenvalue weighted by atomic mass is 9.77. The van der Waals surface area contributed by atoms with Gasteiger partial charge in [0.1, 0.15) is 0 Å². The van der Waals surface area contributed by atoms with Crippen LogP contribution in [-0.4, -0.2) is 50.4 Å². The average molecular weight is 531 g/mol. The summed E-state index contributed by atoms with van der Waals surface area (Å²) in [6, 6.07) is 16.7. The van der Waals surface area contributed by atoms with Gasteiger partial charge in [-0.1, -0.05) is 24.3 Å². The summed E-state index contributed by atoms with van der Waals surface area (Å²) in [5, 5.41) is 0. The molecule has 8 heteroatoms. The van der Waals surface area contributed by atoms with Gasteiger partial charge in [-0.25, -0.2) is 13.1 Å². The van der Waals surface area contributed by atoms with Gasteiger partial charge >= 0.3 is 0 Å². The van der Waals surface area contributed by atoms with E-state index >= 15 is 0 Å². The van der Waals surface area contributed by atoms with Crippen LogP contribution in [0.2, 0.25) is 0 Å². The molecule has 2 fully saturated rings. The van der Waals surface area contributed by atoms with Gasteiger partial charge in [-0.2, -0.15) is 0 Å². The van der Waals surface area contributed by atoms with Crippen LogP contribution in [0.5, 0.6) is 0 Å². The van der Waals surface area contributed by atoms with E-state index in [0.717, 1.165) is 68.6 Å². The minimum atomic E-state index is -3.66. The second-order valence-electron chi connectivity index (χ2n) is 11.1. The van der Waals surface area contributed by atoms with Crippen LogP contribution in [0.15, 0.2) is 71.9 Å². The Morgan fingerprint density at radius 1 is 1.00 bits per heavy atom. The van der Waals surface area contributed by atoms with Crippen LogP contribution in [-0.2, 0) is 16.4 Å². The predicted octanol–water partition coefficient (Wildman–Crippen LogP) is 4.49. The van der Waals surface area contributed by atoms with E-state index in [4.69, 9.17) is 0 Å². The van der Waals surface area contributed by atoms with E-state index in [1.54, 1.807) is 25.1 Å². The molecule has 2 aliphatic heterocycles. The highest BCUT2D eigenvalue weighted by Crippen LogP contribution is 2.42. The smallest absolute Gasteiger partial charge is 0.253 e. The van der Waals surface area contributed by atoms with Crippen molar-refractivity contribution in [2.75, 3.05) is 31.1 Å². The average Bonchev–Trinajstić information content (AvgIpc) is 3.53. The quantitative estimate of drug-likeness (QED) is 0.526. The van der Waals surface area contributed by atoms with Crippen molar-refractivity contribution in [1.29, 1.82) is 0 Å². The number of hydrogen-bond acceptors (Lipinski definition) is 5. The zero-order valence-electron chi connectivity index (χ0n) is 21.8. The molecular formula is C30H34N4O3S. The van der Waals surface area contributed by atoms with Crippen molar-refractivity contribution in [3.63, 3.8) is 0 Å². The van der Waals surface area contributed by atoms with Crippen LogP contribution >= 0.6 is 0 Å². The van der Waals surface area contributed by atoms with Crippen molar-refractivity contribution in [2.45, 2.75) is 50.0 Å². The maximum absolute atomic E-state index is 13.6. The first kappa shape index (κ1) is 25.1. The summed E-state index contributed by atoms with van der Waals surface area (Å²) in [5.74, 6) is 0.0497. The number of amides is 1. The molecule has 1 aromatic heterocycles. The summed E-state index contributed by atoms with van der Waals surface area (Å²) in [5.41, 5.74) is 4.80. The zero-order chi connectivity index (χ0) is 26.3. The third-order valence-electron chi connectivity index (χ3n) is 8.73. The molecule has 1 spiro atoms. The molecule has 7 nitrogen and oxygen atoms in total. The predicted molar refractivity (Wildman–Crippen MR) is 148 cm³/mol. The number of likely N-dealkylation sites (tertiary alicyclic amines) is 1. The summed E-state index contributed by atoms with van der Waals surface area (Å²) < 4.78 is 29.2. The highest BCUT2D eigenvalue weighted by molar-refractivity contribution is 7.89. The Morgan fingerprint density at radius 2 is 1.74 bits per heavy atom. The van der Waals surface area contributed by atoms with E-state index in [2.05, 4.69) is 26.7 Å². The molecule has 1 amide bonds. The minimum Gasteiger partial charge on any atom is -0.371 e. The molecule has 2 aromatic carbocycles. The van der Waals surface area contributed by atoms with Gasteiger partial charge in [0.15, 0.2) is 0 Å². The number of nitrogens with zero attached hydrogens (tertiary/aromatic N) is 3. The van der Waals surface area contributed by atoms with Crippen molar-refractivity contribution >= 4 is 21.6 Å². The number of carbonyl (C=O) groups is 1. The van der Waals surface area contributed by atoms with Crippen LogP contribution in [0, 0.1) is 12.3 Å². The fraction of sp³-hybridized carbons (Fsp3) is 0.400. The summed E-state index contributed by atoms with van der Waals surface area (Å²) in [7, 11) is -3.66. The van der Waals surface area contributed by atoms with E-state index in [1.807, 2.05) is 41.6 Å². The number of hydrogen-bond donors (Lipinski definition) is 1. The third kappa shape index (κ3) is 4.71. The summed E-state index contributed by atoms with van der Waals surface area (Å²) >= 11 is 0. The molecule has 38 heavy (non-hydrogen) atoms. The fourth-order valence-corrected chi connectivity index (χ4v) is 7.96. The molecule has 3 aromatic rings. The number of anilines is 1. The van der Waals surface area contributed by atoms with Crippen LogP contribution in [0.25, 0.3) is 0 Å². The zero-order valence-corrected chi connectivity index (χ0v) is 22.6. The maximum atomic E-state index is 13.6. The van der Waals surface area contributed by atoms with Crippen LogP contribution < -0.4 is 9.62 Å². The number of aromatic nitrogens is 1. The monoisotopic (exact) mass is 530 g/mol. The summed E-state index contributed by atoms with van der Waals surface area (Å²) in [4.78, 5) is 22.4. The number of fused-ring (bicyclic) bond motifs is 1. The second kappa shape index (κ2) is 9.82.